The van der Waals surface area contributed by atoms with Gasteiger partial charge in [0.1, 0.15) is 0 Å². The number of piperidine rings is 1. The summed E-state index contributed by atoms with van der Waals surface area (Å²) in [6, 6.07) is 5.32. The monoisotopic (exact) mass is 281 g/mol. The third kappa shape index (κ3) is 2.37. The predicted molar refractivity (Wildman–Crippen MR) is 71.9 cm³/mol. The van der Waals surface area contributed by atoms with Gasteiger partial charge in [0.2, 0.25) is 6.79 Å². The van der Waals surface area contributed by atoms with Crippen LogP contribution in [0.4, 0.5) is 0 Å². The molecular formula is C14H16ClNO3. The molecule has 2 aliphatic rings. The molecule has 0 aliphatic carbocycles. The molecule has 0 N–H and O–H groups in total. The van der Waals surface area contributed by atoms with Crippen LogP contribution in [0, 0.1) is 5.92 Å². The van der Waals surface area contributed by atoms with Crippen molar-refractivity contribution in [2.24, 2.45) is 5.92 Å². The minimum atomic E-state index is 0.0358. The highest BCUT2D eigenvalue weighted by Crippen LogP contribution is 2.33. The molecule has 0 radical (unpaired) electrons. The number of halogens is 1. The van der Waals surface area contributed by atoms with Crippen molar-refractivity contribution < 1.29 is 14.3 Å². The summed E-state index contributed by atoms with van der Waals surface area (Å²) in [4.78, 5) is 14.3. The average molecular weight is 282 g/mol. The van der Waals surface area contributed by atoms with Gasteiger partial charge < -0.3 is 14.4 Å². The number of nitrogens with zero attached hydrogens (tertiary/aromatic N) is 1. The van der Waals surface area contributed by atoms with Crippen LogP contribution in [-0.2, 0) is 0 Å². The first-order valence-corrected chi connectivity index (χ1v) is 6.92. The van der Waals surface area contributed by atoms with Crippen molar-refractivity contribution in [3.8, 4) is 11.5 Å². The Labute approximate surface area is 117 Å². The van der Waals surface area contributed by atoms with Crippen LogP contribution < -0.4 is 9.47 Å². The Hall–Kier alpha value is -1.42. The highest BCUT2D eigenvalue weighted by atomic mass is 35.5. The Balaban J connectivity index is 1.77. The van der Waals surface area contributed by atoms with Gasteiger partial charge in [-0.2, -0.15) is 0 Å². The molecule has 4 nitrogen and oxygen atoms in total. The minimum Gasteiger partial charge on any atom is -0.454 e. The molecule has 1 aromatic rings. The van der Waals surface area contributed by atoms with E-state index < -0.39 is 0 Å². The van der Waals surface area contributed by atoms with Crippen molar-refractivity contribution in [2.45, 2.75) is 18.7 Å². The van der Waals surface area contributed by atoms with Gasteiger partial charge in [0.05, 0.1) is 0 Å². The van der Waals surface area contributed by atoms with Crippen LogP contribution in [-0.4, -0.2) is 36.1 Å². The van der Waals surface area contributed by atoms with Gasteiger partial charge in [0.25, 0.3) is 5.91 Å². The fraction of sp³-hybridized carbons (Fsp3) is 0.500. The number of likely N-dealkylation sites (tertiary alicyclic amines) is 1. The Morgan fingerprint density at radius 3 is 2.95 bits per heavy atom. The van der Waals surface area contributed by atoms with Gasteiger partial charge in [-0.25, -0.2) is 0 Å². The van der Waals surface area contributed by atoms with Gasteiger partial charge in [-0.3, -0.25) is 4.79 Å². The molecule has 1 aromatic carbocycles. The number of carbonyl (C=O) groups excluding carboxylic acids is 1. The van der Waals surface area contributed by atoms with Gasteiger partial charge in [-0.15, -0.1) is 11.6 Å². The highest BCUT2D eigenvalue weighted by molar-refractivity contribution is 6.20. The zero-order chi connectivity index (χ0) is 13.4. The SMILES string of the molecule is CC1CN(C(=O)c2ccc3c(c2)OCO3)CCC1Cl. The van der Waals surface area contributed by atoms with E-state index in [9.17, 15) is 4.79 Å². The number of ether oxygens (including phenoxy) is 2. The molecule has 5 heteroatoms. The number of hydrogen-bond donors (Lipinski definition) is 0. The first-order valence-electron chi connectivity index (χ1n) is 6.48. The molecule has 0 aromatic heterocycles. The minimum absolute atomic E-state index is 0.0358. The summed E-state index contributed by atoms with van der Waals surface area (Å²) in [7, 11) is 0. The molecule has 1 amide bonds. The zero-order valence-electron chi connectivity index (χ0n) is 10.8. The number of alkyl halides is 1. The molecule has 102 valence electrons. The van der Waals surface area contributed by atoms with Crippen molar-refractivity contribution >= 4 is 17.5 Å². The second kappa shape index (κ2) is 4.93. The smallest absolute Gasteiger partial charge is 0.254 e. The van der Waals surface area contributed by atoms with Gasteiger partial charge in [-0.05, 0) is 30.5 Å². The van der Waals surface area contributed by atoms with Crippen LogP contribution in [0.5, 0.6) is 11.5 Å². The Morgan fingerprint density at radius 2 is 2.16 bits per heavy atom. The zero-order valence-corrected chi connectivity index (χ0v) is 11.5. The van der Waals surface area contributed by atoms with Gasteiger partial charge in [-0.1, -0.05) is 6.92 Å². The lowest BCUT2D eigenvalue weighted by Gasteiger charge is -2.34. The Bertz CT molecular complexity index is 505. The van der Waals surface area contributed by atoms with E-state index in [2.05, 4.69) is 6.92 Å². The molecule has 3 rings (SSSR count). The molecule has 2 atom stereocenters. The third-order valence-electron chi connectivity index (χ3n) is 3.71. The lowest BCUT2D eigenvalue weighted by Crippen LogP contribution is -2.43. The molecule has 2 heterocycles. The van der Waals surface area contributed by atoms with E-state index in [1.807, 2.05) is 4.90 Å². The predicted octanol–water partition coefficient (Wildman–Crippen LogP) is 2.50. The molecule has 1 fully saturated rings. The molecule has 0 spiro atoms. The van der Waals surface area contributed by atoms with E-state index in [0.717, 1.165) is 6.42 Å². The quantitative estimate of drug-likeness (QED) is 0.743. The van der Waals surface area contributed by atoms with E-state index in [1.165, 1.54) is 0 Å². The summed E-state index contributed by atoms with van der Waals surface area (Å²) in [6.45, 7) is 3.73. The van der Waals surface area contributed by atoms with Gasteiger partial charge in [0.15, 0.2) is 11.5 Å². The summed E-state index contributed by atoms with van der Waals surface area (Å²) >= 11 is 6.19. The topological polar surface area (TPSA) is 38.8 Å². The van der Waals surface area contributed by atoms with Crippen LogP contribution in [0.25, 0.3) is 0 Å². The second-order valence-corrected chi connectivity index (χ2v) is 5.66. The normalized spacial score (nSPS) is 25.5. The number of benzene rings is 1. The van der Waals surface area contributed by atoms with Gasteiger partial charge >= 0.3 is 0 Å². The molecular weight excluding hydrogens is 266 g/mol. The van der Waals surface area contributed by atoms with Gasteiger partial charge in [0, 0.05) is 24.0 Å². The average Bonchev–Trinajstić information content (AvgIpc) is 2.88. The second-order valence-electron chi connectivity index (χ2n) is 5.10. The third-order valence-corrected chi connectivity index (χ3v) is 4.36. The van der Waals surface area contributed by atoms with Crippen LogP contribution in [0.2, 0.25) is 0 Å². The standard InChI is InChI=1S/C14H16ClNO3/c1-9-7-16(5-4-11(9)15)14(17)10-2-3-12-13(6-10)19-8-18-12/h2-3,6,9,11H,4-5,7-8H2,1H3. The number of amides is 1. The fourth-order valence-corrected chi connectivity index (χ4v) is 2.69. The lowest BCUT2D eigenvalue weighted by atomic mass is 9.99. The maximum atomic E-state index is 12.4. The lowest BCUT2D eigenvalue weighted by molar-refractivity contribution is 0.0686. The number of carbonyl (C=O) groups is 1. The van der Waals surface area contributed by atoms with E-state index in [1.54, 1.807) is 18.2 Å². The van der Waals surface area contributed by atoms with E-state index in [0.29, 0.717) is 36.1 Å². The fourth-order valence-electron chi connectivity index (χ4n) is 2.51. The summed E-state index contributed by atoms with van der Waals surface area (Å²) < 4.78 is 10.5. The van der Waals surface area contributed by atoms with Crippen LogP contribution in [0.3, 0.4) is 0 Å². The molecule has 19 heavy (non-hydrogen) atoms. The molecule has 0 saturated carbocycles. The van der Waals surface area contributed by atoms with Crippen molar-refractivity contribution in [2.75, 3.05) is 19.9 Å². The van der Waals surface area contributed by atoms with Crippen molar-refractivity contribution in [1.82, 2.24) is 4.90 Å². The van der Waals surface area contributed by atoms with Crippen LogP contribution >= 0.6 is 11.6 Å². The number of rotatable bonds is 1. The van der Waals surface area contributed by atoms with E-state index in [4.69, 9.17) is 21.1 Å². The largest absolute Gasteiger partial charge is 0.454 e. The van der Waals surface area contributed by atoms with Crippen molar-refractivity contribution in [3.05, 3.63) is 23.8 Å². The van der Waals surface area contributed by atoms with Crippen LogP contribution in [0.15, 0.2) is 18.2 Å². The van der Waals surface area contributed by atoms with Crippen molar-refractivity contribution in [3.63, 3.8) is 0 Å². The first-order chi connectivity index (χ1) is 9.15. The Morgan fingerprint density at radius 1 is 1.37 bits per heavy atom. The molecule has 2 unspecified atom stereocenters. The van der Waals surface area contributed by atoms with E-state index in [-0.39, 0.29) is 18.1 Å². The number of fused-ring (bicyclic) bond motifs is 1. The van der Waals surface area contributed by atoms with Crippen molar-refractivity contribution in [1.29, 1.82) is 0 Å². The van der Waals surface area contributed by atoms with E-state index >= 15 is 0 Å². The molecule has 2 aliphatic heterocycles. The Kier molecular flexibility index (Phi) is 3.27. The maximum absolute atomic E-state index is 12.4. The molecule has 0 bridgehead atoms. The first kappa shape index (κ1) is 12.6. The summed E-state index contributed by atoms with van der Waals surface area (Å²) in [6.07, 6.45) is 0.846. The number of hydrogen-bond acceptors (Lipinski definition) is 3. The highest BCUT2D eigenvalue weighted by Gasteiger charge is 2.28. The maximum Gasteiger partial charge on any atom is 0.254 e. The van der Waals surface area contributed by atoms with Crippen LogP contribution in [0.1, 0.15) is 23.7 Å². The molecule has 1 saturated heterocycles. The summed E-state index contributed by atoms with van der Waals surface area (Å²) in [5, 5.41) is 0.167. The summed E-state index contributed by atoms with van der Waals surface area (Å²) in [5.74, 6) is 1.71. The summed E-state index contributed by atoms with van der Waals surface area (Å²) in [5.41, 5.74) is 0.643.